The van der Waals surface area contributed by atoms with Crippen molar-refractivity contribution in [2.75, 3.05) is 0 Å². The van der Waals surface area contributed by atoms with Crippen molar-refractivity contribution in [3.63, 3.8) is 0 Å². The molecule has 1 aliphatic rings. The molecule has 0 saturated carbocycles. The molecule has 0 radical (unpaired) electrons. The Hall–Kier alpha value is -2.43. The number of nitrogens with zero attached hydrogens (tertiary/aromatic N) is 1. The topological polar surface area (TPSA) is 105 Å². The van der Waals surface area contributed by atoms with E-state index >= 15 is 0 Å². The van der Waals surface area contributed by atoms with Crippen LogP contribution in [-0.4, -0.2) is 29.3 Å². The van der Waals surface area contributed by atoms with Crippen LogP contribution in [0.5, 0.6) is 5.75 Å². The van der Waals surface area contributed by atoms with E-state index in [1.807, 2.05) is 24.0 Å². The van der Waals surface area contributed by atoms with Gasteiger partial charge in [0, 0.05) is 24.5 Å². The van der Waals surface area contributed by atoms with Crippen molar-refractivity contribution in [2.45, 2.75) is 58.2 Å². The summed E-state index contributed by atoms with van der Waals surface area (Å²) in [4.78, 5) is 34.5. The van der Waals surface area contributed by atoms with Crippen molar-refractivity contribution in [2.24, 2.45) is 5.92 Å². The number of hydrogen-bond acceptors (Lipinski definition) is 7. The molecule has 0 aliphatic carbocycles. The summed E-state index contributed by atoms with van der Waals surface area (Å²) in [5, 5.41) is 10.7. The first kappa shape index (κ1) is 24.8. The van der Waals surface area contributed by atoms with Crippen LogP contribution in [0.4, 0.5) is 10.5 Å². The quantitative estimate of drug-likeness (QED) is 0.117. The van der Waals surface area contributed by atoms with Crippen LogP contribution in [0.2, 0.25) is 0 Å². The van der Waals surface area contributed by atoms with Gasteiger partial charge in [-0.25, -0.2) is 4.79 Å². The van der Waals surface area contributed by atoms with Crippen LogP contribution >= 0.6 is 22.6 Å². The molecule has 0 amide bonds. The Morgan fingerprint density at radius 1 is 1.23 bits per heavy atom. The fraction of sp³-hybridized carbons (Fsp3) is 0.455. The van der Waals surface area contributed by atoms with Gasteiger partial charge in [0.1, 0.15) is 18.0 Å². The number of halogens is 1. The van der Waals surface area contributed by atoms with Gasteiger partial charge in [0.15, 0.2) is 0 Å². The molecule has 0 bridgehead atoms. The monoisotopic (exact) mass is 543 g/mol. The van der Waals surface area contributed by atoms with Crippen molar-refractivity contribution < 1.29 is 28.7 Å². The Balaban J connectivity index is 2.07. The number of rotatable bonds is 4. The zero-order valence-electron chi connectivity index (χ0n) is 17.5. The number of nitro groups is 1. The number of ether oxygens (including phenoxy) is 3. The van der Waals surface area contributed by atoms with Gasteiger partial charge in [0.2, 0.25) is 0 Å². The molecule has 0 unspecified atom stereocenters. The second-order valence-electron chi connectivity index (χ2n) is 7.37. The van der Waals surface area contributed by atoms with Crippen LogP contribution in [0.3, 0.4) is 0 Å². The number of nitro benzene ring substituents is 1. The third kappa shape index (κ3) is 8.31. The molecule has 1 aromatic carbocycles. The Kier molecular flexibility index (Phi) is 9.96. The second-order valence-corrected chi connectivity index (χ2v) is 7.99. The number of esters is 1. The van der Waals surface area contributed by atoms with Gasteiger partial charge in [-0.1, -0.05) is 42.0 Å². The summed E-state index contributed by atoms with van der Waals surface area (Å²) in [5.74, 6) is -0.148. The highest BCUT2D eigenvalue weighted by atomic mass is 127. The molecule has 168 valence electrons. The minimum Gasteiger partial charge on any atom is -0.457 e. The summed E-state index contributed by atoms with van der Waals surface area (Å²) in [7, 11) is 0. The van der Waals surface area contributed by atoms with E-state index in [2.05, 4.69) is 22.6 Å². The average molecular weight is 543 g/mol. The molecule has 0 fully saturated rings. The summed E-state index contributed by atoms with van der Waals surface area (Å²) in [6.45, 7) is 3.85. The highest BCUT2D eigenvalue weighted by Crippen LogP contribution is 2.23. The molecule has 1 aromatic rings. The predicted octanol–water partition coefficient (Wildman–Crippen LogP) is 5.89. The lowest BCUT2D eigenvalue weighted by molar-refractivity contribution is -0.384. The molecule has 0 spiro atoms. The van der Waals surface area contributed by atoms with Crippen molar-refractivity contribution in [3.8, 4) is 5.75 Å². The van der Waals surface area contributed by atoms with E-state index in [4.69, 9.17) is 14.2 Å². The predicted molar refractivity (Wildman–Crippen MR) is 123 cm³/mol. The van der Waals surface area contributed by atoms with Crippen LogP contribution in [0.25, 0.3) is 0 Å². The normalized spacial score (nSPS) is 23.1. The molecular formula is C22H26INO7. The zero-order chi connectivity index (χ0) is 22.8. The van der Waals surface area contributed by atoms with Crippen molar-refractivity contribution in [1.29, 1.82) is 0 Å². The van der Waals surface area contributed by atoms with Crippen LogP contribution in [-0.2, 0) is 14.3 Å². The molecule has 1 heterocycles. The molecule has 3 atom stereocenters. The molecule has 2 rings (SSSR count). The number of benzene rings is 1. The van der Waals surface area contributed by atoms with Crippen LogP contribution in [0.1, 0.15) is 46.0 Å². The SMILES string of the molecule is CC(=CI)[C@H]1OC(=O)CCCCC[C@@H](OC(=O)Oc2ccc([N+](=O)[O-])cc2)C=C[C@@H]1C. The van der Waals surface area contributed by atoms with Gasteiger partial charge in [0.05, 0.1) is 4.92 Å². The minimum absolute atomic E-state index is 0.0944. The Morgan fingerprint density at radius 3 is 2.58 bits per heavy atom. The summed E-state index contributed by atoms with van der Waals surface area (Å²) in [5.41, 5.74) is 0.848. The summed E-state index contributed by atoms with van der Waals surface area (Å²) < 4.78 is 18.2. The molecule has 31 heavy (non-hydrogen) atoms. The highest BCUT2D eigenvalue weighted by molar-refractivity contribution is 14.1. The number of hydrogen-bond donors (Lipinski definition) is 0. The van der Waals surface area contributed by atoms with E-state index < -0.39 is 17.2 Å². The first-order valence-corrected chi connectivity index (χ1v) is 11.3. The van der Waals surface area contributed by atoms with Gasteiger partial charge in [-0.15, -0.1) is 0 Å². The van der Waals surface area contributed by atoms with Gasteiger partial charge in [0.25, 0.3) is 5.69 Å². The summed E-state index contributed by atoms with van der Waals surface area (Å²) in [6, 6.07) is 5.20. The lowest BCUT2D eigenvalue weighted by atomic mass is 9.97. The van der Waals surface area contributed by atoms with Crippen LogP contribution in [0.15, 0.2) is 46.1 Å². The third-order valence-corrected chi connectivity index (χ3v) is 5.83. The molecule has 0 aromatic heterocycles. The summed E-state index contributed by atoms with van der Waals surface area (Å²) in [6.07, 6.45) is 5.16. The number of carbonyl (C=O) groups excluding carboxylic acids is 2. The Labute approximate surface area is 194 Å². The smallest absolute Gasteiger partial charge is 0.457 e. The maximum absolute atomic E-state index is 12.2. The van der Waals surface area contributed by atoms with Crippen LogP contribution < -0.4 is 4.74 Å². The van der Waals surface area contributed by atoms with E-state index in [-0.39, 0.29) is 29.4 Å². The molecular weight excluding hydrogens is 517 g/mol. The molecule has 1 aliphatic heterocycles. The van der Waals surface area contributed by atoms with E-state index in [1.54, 1.807) is 6.08 Å². The van der Waals surface area contributed by atoms with E-state index in [0.717, 1.165) is 18.4 Å². The van der Waals surface area contributed by atoms with Gasteiger partial charge in [-0.05, 0) is 54.1 Å². The Bertz CT molecular complexity index is 835. The number of cyclic esters (lactones) is 1. The fourth-order valence-electron chi connectivity index (χ4n) is 3.14. The number of non-ortho nitro benzene ring substituents is 1. The van der Waals surface area contributed by atoms with Crippen molar-refractivity contribution in [1.82, 2.24) is 0 Å². The highest BCUT2D eigenvalue weighted by Gasteiger charge is 2.23. The first-order chi connectivity index (χ1) is 14.8. The van der Waals surface area contributed by atoms with E-state index in [9.17, 15) is 19.7 Å². The maximum atomic E-state index is 12.2. The second kappa shape index (κ2) is 12.4. The molecule has 0 saturated heterocycles. The zero-order valence-corrected chi connectivity index (χ0v) is 19.6. The van der Waals surface area contributed by atoms with E-state index in [0.29, 0.717) is 19.3 Å². The molecule has 0 N–H and O–H groups in total. The van der Waals surface area contributed by atoms with Crippen molar-refractivity contribution in [3.05, 3.63) is 56.2 Å². The third-order valence-electron chi connectivity index (χ3n) is 4.85. The van der Waals surface area contributed by atoms with Gasteiger partial charge in [-0.3, -0.25) is 14.9 Å². The van der Waals surface area contributed by atoms with Crippen LogP contribution in [0, 0.1) is 16.0 Å². The molecule has 8 nitrogen and oxygen atoms in total. The average Bonchev–Trinajstić information content (AvgIpc) is 2.74. The maximum Gasteiger partial charge on any atom is 0.514 e. The lowest BCUT2D eigenvalue weighted by Gasteiger charge is -2.24. The Morgan fingerprint density at radius 2 is 1.94 bits per heavy atom. The standard InChI is InChI=1S/C22H26INO7/c1-15-8-11-18(6-4-3-5-7-20(25)31-21(15)16(2)14-23)29-22(26)30-19-12-9-17(10-13-19)24(27)28/h8-15,18,21H,3-7H2,1-2H3/t15-,18+,21-/m0/s1. The van der Waals surface area contributed by atoms with E-state index in [1.165, 1.54) is 24.3 Å². The largest absolute Gasteiger partial charge is 0.514 e. The first-order valence-electron chi connectivity index (χ1n) is 10.1. The van der Waals surface area contributed by atoms with Crippen molar-refractivity contribution >= 4 is 40.4 Å². The van der Waals surface area contributed by atoms with Gasteiger partial charge in [-0.2, -0.15) is 0 Å². The lowest BCUT2D eigenvalue weighted by Crippen LogP contribution is -2.26. The summed E-state index contributed by atoms with van der Waals surface area (Å²) >= 11 is 2.12. The van der Waals surface area contributed by atoms with Gasteiger partial charge >= 0.3 is 12.1 Å². The minimum atomic E-state index is -0.880. The molecule has 9 heteroatoms. The fourth-order valence-corrected chi connectivity index (χ4v) is 3.50. The number of carbonyl (C=O) groups is 2. The van der Waals surface area contributed by atoms with Gasteiger partial charge < -0.3 is 14.2 Å².